The number of pyridine rings is 1. The molecule has 0 spiro atoms. The van der Waals surface area contributed by atoms with Crippen LogP contribution in [0.2, 0.25) is 5.02 Å². The molecule has 1 aliphatic carbocycles. The number of aromatic nitrogens is 3. The quantitative estimate of drug-likeness (QED) is 0.315. The molecule has 1 aliphatic heterocycles. The van der Waals surface area contributed by atoms with Gasteiger partial charge >= 0.3 is 0 Å². The fourth-order valence-electron chi connectivity index (χ4n) is 5.26. The smallest absolute Gasteiger partial charge is 0.300 e. The van der Waals surface area contributed by atoms with Gasteiger partial charge < -0.3 is 20.3 Å². The lowest BCUT2D eigenvalue weighted by Gasteiger charge is -2.13. The third-order valence-electron chi connectivity index (χ3n) is 7.31. The van der Waals surface area contributed by atoms with Crippen molar-refractivity contribution in [1.82, 2.24) is 19.9 Å². The van der Waals surface area contributed by atoms with Gasteiger partial charge in [-0.25, -0.2) is 9.97 Å². The molecule has 6 rings (SSSR count). The lowest BCUT2D eigenvalue weighted by Crippen LogP contribution is -2.18. The van der Waals surface area contributed by atoms with Crippen molar-refractivity contribution < 1.29 is 9.53 Å². The van der Waals surface area contributed by atoms with Crippen molar-refractivity contribution in [1.29, 1.82) is 0 Å². The van der Waals surface area contributed by atoms with Gasteiger partial charge in [0.05, 0.1) is 27.5 Å². The number of hydrogen-bond acceptors (Lipinski definition) is 7. The number of amides is 1. The maximum atomic E-state index is 12.4. The Kier molecular flexibility index (Phi) is 7.43. The van der Waals surface area contributed by atoms with Crippen molar-refractivity contribution in [2.45, 2.75) is 13.5 Å². The van der Waals surface area contributed by atoms with Gasteiger partial charge in [-0.2, -0.15) is 0 Å². The summed E-state index contributed by atoms with van der Waals surface area (Å²) in [7, 11) is 2.15. The molecule has 2 fully saturated rings. The van der Waals surface area contributed by atoms with E-state index in [-0.39, 0.29) is 0 Å². The summed E-state index contributed by atoms with van der Waals surface area (Å²) in [5, 5.41) is 7.38. The second-order valence-corrected chi connectivity index (χ2v) is 10.6. The number of fused-ring (bicyclic) bond motifs is 2. The number of rotatable bonds is 6. The average Bonchev–Trinajstić information content (AvgIpc) is 3.43. The highest BCUT2D eigenvalue weighted by Crippen LogP contribution is 2.50. The van der Waals surface area contributed by atoms with Crippen LogP contribution in [0, 0.1) is 41.4 Å². The third kappa shape index (κ3) is 5.95. The van der Waals surface area contributed by atoms with Gasteiger partial charge in [0.15, 0.2) is 0 Å². The van der Waals surface area contributed by atoms with Gasteiger partial charge in [-0.15, -0.1) is 0 Å². The number of nitrogens with one attached hydrogen (secondary N) is 2. The molecule has 2 aromatic heterocycles. The Morgan fingerprint density at radius 2 is 1.98 bits per heavy atom. The van der Waals surface area contributed by atoms with Crippen molar-refractivity contribution in [2.75, 3.05) is 30.8 Å². The molecule has 2 N–H and O–H groups in total. The first-order valence-electron chi connectivity index (χ1n) is 13.3. The highest BCUT2D eigenvalue weighted by molar-refractivity contribution is 6.32. The van der Waals surface area contributed by atoms with Gasteiger partial charge in [0.1, 0.15) is 24.5 Å². The van der Waals surface area contributed by atoms with Gasteiger partial charge in [-0.05, 0) is 74.2 Å². The number of nitrogens with zero attached hydrogens (tertiary/aromatic N) is 4. The van der Waals surface area contributed by atoms with Gasteiger partial charge in [0.25, 0.3) is 5.91 Å². The van der Waals surface area contributed by atoms with Gasteiger partial charge in [-0.3, -0.25) is 9.78 Å². The Hall–Kier alpha value is -4.63. The van der Waals surface area contributed by atoms with E-state index in [0.717, 1.165) is 24.5 Å². The zero-order valence-corrected chi connectivity index (χ0v) is 23.4. The second kappa shape index (κ2) is 11.5. The number of anilines is 3. The molecule has 1 saturated heterocycles. The van der Waals surface area contributed by atoms with E-state index in [4.69, 9.17) is 16.3 Å². The van der Waals surface area contributed by atoms with Gasteiger partial charge in [-0.1, -0.05) is 35.4 Å². The van der Waals surface area contributed by atoms with E-state index in [1.165, 1.54) is 6.33 Å². The predicted molar refractivity (Wildman–Crippen MR) is 160 cm³/mol. The topological polar surface area (TPSA) is 92.3 Å². The van der Waals surface area contributed by atoms with Crippen LogP contribution in [0.15, 0.2) is 61.1 Å². The van der Waals surface area contributed by atoms with Crippen LogP contribution in [0.4, 0.5) is 17.2 Å². The standard InChI is InChI=1S/C32H27ClN6O2/c1-3-6-31(40)38-28-15-24-29(13-20(28)8-10-23-25-16-39(2)17-26(23)25)35-19-36-32(24)37-21-9-11-30(27(33)14-21)41-18-22-7-4-5-12-34-22/h4-5,7,9,11-15,19,23,25-26H,16-18H2,1-2H3,(H,38,40)(H,35,36,37)/t23-,25+,26-. The molecule has 3 atom stereocenters. The van der Waals surface area contributed by atoms with Crippen molar-refractivity contribution in [3.05, 3.63) is 77.3 Å². The minimum Gasteiger partial charge on any atom is -0.486 e. The summed E-state index contributed by atoms with van der Waals surface area (Å²) in [4.78, 5) is 28.0. The van der Waals surface area contributed by atoms with E-state index in [9.17, 15) is 4.79 Å². The van der Waals surface area contributed by atoms with Gasteiger partial charge in [0.2, 0.25) is 0 Å². The van der Waals surface area contributed by atoms with Crippen LogP contribution >= 0.6 is 11.6 Å². The first-order chi connectivity index (χ1) is 20.0. The van der Waals surface area contributed by atoms with Crippen LogP contribution in [-0.4, -0.2) is 45.9 Å². The van der Waals surface area contributed by atoms with Crippen LogP contribution in [0.1, 0.15) is 18.2 Å². The lowest BCUT2D eigenvalue weighted by atomic mass is 10.1. The number of hydrogen-bond donors (Lipinski definition) is 2. The number of likely N-dealkylation sites (tertiary alicyclic amines) is 1. The maximum Gasteiger partial charge on any atom is 0.300 e. The fraction of sp³-hybridized carbons (Fsp3) is 0.250. The molecule has 0 bridgehead atoms. The summed E-state index contributed by atoms with van der Waals surface area (Å²) in [6.07, 6.45) is 3.22. The first-order valence-corrected chi connectivity index (χ1v) is 13.7. The highest BCUT2D eigenvalue weighted by Gasteiger charge is 2.53. The average molecular weight is 563 g/mol. The SMILES string of the molecule is CC#CC(=O)Nc1cc2c(Nc3ccc(OCc4ccccn4)c(Cl)c3)ncnc2cc1C#C[C@H]1[C@H]2CN(C)C[C@@H]12. The highest BCUT2D eigenvalue weighted by atomic mass is 35.5. The molecule has 3 heterocycles. The van der Waals surface area contributed by atoms with Crippen LogP contribution < -0.4 is 15.4 Å². The minimum atomic E-state index is -0.403. The molecule has 9 heteroatoms. The Morgan fingerprint density at radius 1 is 1.12 bits per heavy atom. The molecular formula is C32H27ClN6O2. The van der Waals surface area contributed by atoms with E-state index in [1.807, 2.05) is 36.4 Å². The van der Waals surface area contributed by atoms with Crippen molar-refractivity contribution in [3.63, 3.8) is 0 Å². The predicted octanol–water partition coefficient (Wildman–Crippen LogP) is 5.12. The number of benzene rings is 2. The van der Waals surface area contributed by atoms with E-state index in [0.29, 0.717) is 63.1 Å². The third-order valence-corrected chi connectivity index (χ3v) is 7.60. The van der Waals surface area contributed by atoms with Crippen molar-refractivity contribution in [3.8, 4) is 29.4 Å². The molecule has 0 radical (unpaired) electrons. The second-order valence-electron chi connectivity index (χ2n) is 10.2. The molecule has 2 aliphatic rings. The maximum absolute atomic E-state index is 12.4. The number of halogens is 1. The zero-order valence-electron chi connectivity index (χ0n) is 22.6. The minimum absolute atomic E-state index is 0.311. The Balaban J connectivity index is 1.26. The van der Waals surface area contributed by atoms with Crippen LogP contribution in [0.5, 0.6) is 5.75 Å². The van der Waals surface area contributed by atoms with Crippen molar-refractivity contribution >= 4 is 45.6 Å². The molecule has 41 heavy (non-hydrogen) atoms. The summed E-state index contributed by atoms with van der Waals surface area (Å²) in [5.41, 5.74) is 3.49. The van der Waals surface area contributed by atoms with Crippen LogP contribution in [-0.2, 0) is 11.4 Å². The first kappa shape index (κ1) is 26.6. The Morgan fingerprint density at radius 3 is 2.73 bits per heavy atom. The molecule has 4 aromatic rings. The summed E-state index contributed by atoms with van der Waals surface area (Å²) in [5.74, 6) is 14.3. The number of carbonyl (C=O) groups excluding carboxylic acids is 1. The molecule has 8 nitrogen and oxygen atoms in total. The molecule has 204 valence electrons. The summed E-state index contributed by atoms with van der Waals surface area (Å²) >= 11 is 6.53. The zero-order chi connectivity index (χ0) is 28.3. The van der Waals surface area contributed by atoms with Crippen LogP contribution in [0.3, 0.4) is 0 Å². The fourth-order valence-corrected chi connectivity index (χ4v) is 5.49. The lowest BCUT2D eigenvalue weighted by molar-refractivity contribution is -0.111. The molecule has 1 amide bonds. The monoisotopic (exact) mass is 562 g/mol. The molecular weight excluding hydrogens is 536 g/mol. The van der Waals surface area contributed by atoms with Crippen molar-refractivity contribution in [2.24, 2.45) is 17.8 Å². The Bertz CT molecular complexity index is 1740. The normalized spacial score (nSPS) is 18.9. The summed E-state index contributed by atoms with van der Waals surface area (Å²) in [6.45, 7) is 4.10. The molecule has 2 aromatic carbocycles. The number of ether oxygens (including phenoxy) is 1. The molecule has 0 unspecified atom stereocenters. The summed E-state index contributed by atoms with van der Waals surface area (Å²) < 4.78 is 5.84. The number of carbonyl (C=O) groups is 1. The van der Waals surface area contributed by atoms with E-state index >= 15 is 0 Å². The largest absolute Gasteiger partial charge is 0.486 e. The van der Waals surface area contributed by atoms with E-state index < -0.39 is 5.91 Å². The Labute approximate surface area is 243 Å². The van der Waals surface area contributed by atoms with Gasteiger partial charge in [0, 0.05) is 36.3 Å². The number of piperidine rings is 1. The summed E-state index contributed by atoms with van der Waals surface area (Å²) in [6, 6.07) is 14.8. The van der Waals surface area contributed by atoms with Crippen LogP contribution in [0.25, 0.3) is 10.9 Å². The van der Waals surface area contributed by atoms with E-state index in [2.05, 4.69) is 61.2 Å². The molecule has 1 saturated carbocycles. The van der Waals surface area contributed by atoms with E-state index in [1.54, 1.807) is 25.3 Å².